The Labute approximate surface area is 180 Å². The highest BCUT2D eigenvalue weighted by Crippen LogP contribution is 2.45. The van der Waals surface area contributed by atoms with Crippen molar-refractivity contribution in [2.24, 2.45) is 0 Å². The predicted octanol–water partition coefficient (Wildman–Crippen LogP) is 2.93. The number of carbonyl (C=O) groups excluding carboxylic acids is 2. The minimum absolute atomic E-state index is 0.0340. The lowest BCUT2D eigenvalue weighted by Gasteiger charge is -2.31. The molecule has 2 fully saturated rings. The Balaban J connectivity index is 1.69. The monoisotopic (exact) mass is 427 g/mol. The molecule has 2 heterocycles. The van der Waals surface area contributed by atoms with Gasteiger partial charge in [0.05, 0.1) is 31.7 Å². The van der Waals surface area contributed by atoms with E-state index in [0.717, 1.165) is 11.3 Å². The predicted molar refractivity (Wildman–Crippen MR) is 117 cm³/mol. The van der Waals surface area contributed by atoms with Crippen LogP contribution >= 0.6 is 11.8 Å². The Morgan fingerprint density at radius 3 is 2.37 bits per heavy atom. The molecule has 2 aromatic rings. The Morgan fingerprint density at radius 2 is 1.70 bits per heavy atom. The quantitative estimate of drug-likeness (QED) is 0.731. The highest BCUT2D eigenvalue weighted by molar-refractivity contribution is 8.00. The third-order valence-corrected chi connectivity index (χ3v) is 6.95. The second-order valence-corrected chi connectivity index (χ2v) is 8.39. The van der Waals surface area contributed by atoms with Crippen molar-refractivity contribution in [3.05, 3.63) is 54.1 Å². The lowest BCUT2D eigenvalue weighted by Crippen LogP contribution is -2.47. The van der Waals surface area contributed by atoms with Gasteiger partial charge in [0.25, 0.3) is 5.91 Å². The van der Waals surface area contributed by atoms with Gasteiger partial charge in [-0.2, -0.15) is 0 Å². The molecule has 0 N–H and O–H groups in total. The van der Waals surface area contributed by atoms with Gasteiger partial charge in [0, 0.05) is 7.05 Å². The Hall–Kier alpha value is -2.71. The number of ether oxygens (including phenoxy) is 2. The van der Waals surface area contributed by atoms with E-state index in [2.05, 4.69) is 0 Å². The molecule has 4 rings (SSSR count). The molecule has 0 radical (unpaired) electrons. The first kappa shape index (κ1) is 20.6. The molecule has 2 amide bonds. The molecular weight excluding hydrogens is 402 g/mol. The number of nitrogens with zero attached hydrogens (tertiary/aromatic N) is 3. The SMILES string of the molecule is COc1ccc(C2SCC(=O)N2C2C(=O)N(c3ccccc3)N(C)C2C)cc1OC. The molecule has 0 aromatic heterocycles. The van der Waals surface area contributed by atoms with Crippen molar-refractivity contribution in [1.29, 1.82) is 0 Å². The summed E-state index contributed by atoms with van der Waals surface area (Å²) in [4.78, 5) is 28.2. The second kappa shape index (κ2) is 8.20. The largest absolute Gasteiger partial charge is 0.493 e. The maximum absolute atomic E-state index is 13.5. The van der Waals surface area contributed by atoms with Crippen LogP contribution in [0.5, 0.6) is 11.5 Å². The molecule has 2 aliphatic heterocycles. The van der Waals surface area contributed by atoms with Crippen molar-refractivity contribution in [3.63, 3.8) is 0 Å². The van der Waals surface area contributed by atoms with Crippen LogP contribution < -0.4 is 14.5 Å². The topological polar surface area (TPSA) is 62.3 Å². The minimum Gasteiger partial charge on any atom is -0.493 e. The molecule has 2 aliphatic rings. The van der Waals surface area contributed by atoms with Crippen molar-refractivity contribution in [1.82, 2.24) is 9.91 Å². The first-order chi connectivity index (χ1) is 14.5. The fourth-order valence-electron chi connectivity index (χ4n) is 4.10. The summed E-state index contributed by atoms with van der Waals surface area (Å²) in [6, 6.07) is 14.4. The molecule has 2 aromatic carbocycles. The van der Waals surface area contributed by atoms with Gasteiger partial charge < -0.3 is 14.4 Å². The highest BCUT2D eigenvalue weighted by Gasteiger charge is 2.51. The molecule has 8 heteroatoms. The van der Waals surface area contributed by atoms with Gasteiger partial charge in [-0.1, -0.05) is 24.3 Å². The van der Waals surface area contributed by atoms with E-state index in [1.807, 2.05) is 67.5 Å². The van der Waals surface area contributed by atoms with Crippen molar-refractivity contribution >= 4 is 29.3 Å². The second-order valence-electron chi connectivity index (χ2n) is 7.32. The fraction of sp³-hybridized carbons (Fsp3) is 0.364. The number of thioether (sulfide) groups is 1. The summed E-state index contributed by atoms with van der Waals surface area (Å²) in [5.74, 6) is 1.43. The van der Waals surface area contributed by atoms with Crippen LogP contribution in [0.3, 0.4) is 0 Å². The van der Waals surface area contributed by atoms with Crippen molar-refractivity contribution in [3.8, 4) is 11.5 Å². The lowest BCUT2D eigenvalue weighted by atomic mass is 10.1. The molecule has 30 heavy (non-hydrogen) atoms. The van der Waals surface area contributed by atoms with Crippen LogP contribution in [0.25, 0.3) is 0 Å². The van der Waals surface area contributed by atoms with Crippen molar-refractivity contribution in [2.75, 3.05) is 32.0 Å². The lowest BCUT2D eigenvalue weighted by molar-refractivity contribution is -0.136. The maximum atomic E-state index is 13.5. The Bertz CT molecular complexity index is 955. The molecule has 2 saturated heterocycles. The molecule has 3 atom stereocenters. The van der Waals surface area contributed by atoms with E-state index in [1.54, 1.807) is 24.1 Å². The number of amides is 2. The molecule has 3 unspecified atom stereocenters. The zero-order valence-electron chi connectivity index (χ0n) is 17.4. The number of rotatable bonds is 5. The number of anilines is 1. The first-order valence-electron chi connectivity index (χ1n) is 9.74. The van der Waals surface area contributed by atoms with E-state index in [4.69, 9.17) is 9.47 Å². The van der Waals surface area contributed by atoms with E-state index in [1.165, 1.54) is 11.8 Å². The van der Waals surface area contributed by atoms with Crippen LogP contribution in [0, 0.1) is 0 Å². The molecule has 158 valence electrons. The average Bonchev–Trinajstić information content (AvgIpc) is 3.24. The molecule has 0 spiro atoms. The zero-order chi connectivity index (χ0) is 21.4. The number of carbonyl (C=O) groups is 2. The van der Waals surface area contributed by atoms with Crippen LogP contribution in [0.4, 0.5) is 5.69 Å². The van der Waals surface area contributed by atoms with Gasteiger partial charge in [-0.3, -0.25) is 9.59 Å². The van der Waals surface area contributed by atoms with Crippen molar-refractivity contribution in [2.45, 2.75) is 24.4 Å². The number of para-hydroxylation sites is 1. The molecular formula is C22H25N3O4S. The summed E-state index contributed by atoms with van der Waals surface area (Å²) in [6.45, 7) is 1.98. The summed E-state index contributed by atoms with van der Waals surface area (Å²) < 4.78 is 10.8. The molecule has 7 nitrogen and oxygen atoms in total. The van der Waals surface area contributed by atoms with Crippen LogP contribution in [-0.4, -0.2) is 60.8 Å². The van der Waals surface area contributed by atoms with Gasteiger partial charge in [-0.05, 0) is 36.8 Å². The number of methoxy groups -OCH3 is 2. The van der Waals surface area contributed by atoms with E-state index >= 15 is 0 Å². The minimum atomic E-state index is -0.573. The van der Waals surface area contributed by atoms with E-state index in [-0.39, 0.29) is 23.2 Å². The molecule has 0 saturated carbocycles. The van der Waals surface area contributed by atoms with Gasteiger partial charge in [0.1, 0.15) is 11.4 Å². The summed E-state index contributed by atoms with van der Waals surface area (Å²) in [7, 11) is 5.06. The standard InChI is InChI=1S/C22H25N3O4S/c1-14-20(21(27)25(23(14)2)16-8-6-5-7-9-16)24-19(26)13-30-22(24)15-10-11-17(28-3)18(12-15)29-4/h5-12,14,20,22H,13H2,1-4H3. The van der Waals surface area contributed by atoms with Crippen molar-refractivity contribution < 1.29 is 19.1 Å². The van der Waals surface area contributed by atoms with Crippen LogP contribution in [0.1, 0.15) is 17.9 Å². The summed E-state index contributed by atoms with van der Waals surface area (Å²) >= 11 is 1.52. The highest BCUT2D eigenvalue weighted by atomic mass is 32.2. The molecule has 0 aliphatic carbocycles. The smallest absolute Gasteiger partial charge is 0.266 e. The van der Waals surface area contributed by atoms with Crippen LogP contribution in [0.15, 0.2) is 48.5 Å². The summed E-state index contributed by atoms with van der Waals surface area (Å²) in [6.07, 6.45) is 0. The van der Waals surface area contributed by atoms with E-state index < -0.39 is 6.04 Å². The number of likely N-dealkylation sites (N-methyl/N-ethyl adjacent to an activating group) is 1. The average molecular weight is 428 g/mol. The first-order valence-corrected chi connectivity index (χ1v) is 10.8. The number of benzene rings is 2. The normalized spacial score (nSPS) is 24.6. The summed E-state index contributed by atoms with van der Waals surface area (Å²) in [5, 5.41) is 3.31. The number of hydrogen-bond acceptors (Lipinski definition) is 6. The van der Waals surface area contributed by atoms with Gasteiger partial charge >= 0.3 is 0 Å². The molecule has 0 bridgehead atoms. The fourth-order valence-corrected chi connectivity index (χ4v) is 5.30. The summed E-state index contributed by atoms with van der Waals surface area (Å²) in [5.41, 5.74) is 1.70. The number of hydrogen-bond donors (Lipinski definition) is 0. The third-order valence-electron chi connectivity index (χ3n) is 5.72. The zero-order valence-corrected chi connectivity index (χ0v) is 18.3. The third kappa shape index (κ3) is 3.30. The van der Waals surface area contributed by atoms with Gasteiger partial charge in [0.15, 0.2) is 11.5 Å². The van der Waals surface area contributed by atoms with Crippen LogP contribution in [-0.2, 0) is 9.59 Å². The number of hydrazine groups is 1. The van der Waals surface area contributed by atoms with Gasteiger partial charge in [0.2, 0.25) is 5.91 Å². The Morgan fingerprint density at radius 1 is 1.00 bits per heavy atom. The maximum Gasteiger partial charge on any atom is 0.266 e. The van der Waals surface area contributed by atoms with E-state index in [9.17, 15) is 9.59 Å². The van der Waals surface area contributed by atoms with E-state index in [0.29, 0.717) is 17.3 Å². The Kier molecular flexibility index (Phi) is 5.62. The van der Waals surface area contributed by atoms with Gasteiger partial charge in [-0.15, -0.1) is 11.8 Å². The van der Waals surface area contributed by atoms with Crippen LogP contribution in [0.2, 0.25) is 0 Å². The van der Waals surface area contributed by atoms with Gasteiger partial charge in [-0.25, -0.2) is 10.0 Å².